The van der Waals surface area contributed by atoms with Crippen molar-refractivity contribution >= 4 is 34.7 Å². The number of rotatable bonds is 6. The summed E-state index contributed by atoms with van der Waals surface area (Å²) in [6.07, 6.45) is 2.95. The van der Waals surface area contributed by atoms with Crippen LogP contribution in [0.15, 0.2) is 89.0 Å². The molecule has 0 spiro atoms. The Morgan fingerprint density at radius 2 is 1.74 bits per heavy atom. The van der Waals surface area contributed by atoms with Gasteiger partial charge in [-0.05, 0) is 47.5 Å². The molecule has 0 unspecified atom stereocenters. The molecule has 0 atom stereocenters. The summed E-state index contributed by atoms with van der Waals surface area (Å²) in [6, 6.07) is 21.9. The highest BCUT2D eigenvalue weighted by Gasteiger charge is 2.36. The Kier molecular flexibility index (Phi) is 5.89. The molecule has 7 heteroatoms. The normalized spacial score (nSPS) is 15.1. The first-order valence-electron chi connectivity index (χ1n) is 11.1. The van der Waals surface area contributed by atoms with Gasteiger partial charge in [-0.25, -0.2) is 4.79 Å². The van der Waals surface area contributed by atoms with E-state index in [9.17, 15) is 14.4 Å². The number of aryl methyl sites for hydroxylation is 1. The number of hydrogen-bond donors (Lipinski definition) is 1. The van der Waals surface area contributed by atoms with E-state index in [4.69, 9.17) is 9.15 Å². The van der Waals surface area contributed by atoms with Crippen LogP contribution < -0.4 is 10.1 Å². The highest BCUT2D eigenvalue weighted by atomic mass is 16.5. The molecule has 35 heavy (non-hydrogen) atoms. The number of benzene rings is 3. The van der Waals surface area contributed by atoms with E-state index < -0.39 is 17.8 Å². The van der Waals surface area contributed by atoms with Crippen LogP contribution in [-0.2, 0) is 22.7 Å². The predicted octanol–water partition coefficient (Wildman–Crippen LogP) is 4.98. The zero-order valence-corrected chi connectivity index (χ0v) is 19.0. The third-order valence-corrected chi connectivity index (χ3v) is 5.81. The van der Waals surface area contributed by atoms with Crippen LogP contribution in [0.3, 0.4) is 0 Å². The van der Waals surface area contributed by atoms with Crippen molar-refractivity contribution in [1.82, 2.24) is 10.2 Å². The number of carbonyl (C=O) groups is 3. The molecule has 4 aromatic rings. The van der Waals surface area contributed by atoms with Crippen molar-refractivity contribution in [3.63, 3.8) is 0 Å². The first-order valence-corrected chi connectivity index (χ1v) is 11.1. The summed E-state index contributed by atoms with van der Waals surface area (Å²) in [6.45, 7) is 2.25. The smallest absolute Gasteiger partial charge is 0.331 e. The van der Waals surface area contributed by atoms with Gasteiger partial charge in [-0.1, -0.05) is 60.2 Å². The average molecular weight is 466 g/mol. The maximum atomic E-state index is 13.2. The molecule has 1 fully saturated rings. The number of nitrogens with zero attached hydrogens (tertiary/aromatic N) is 1. The summed E-state index contributed by atoms with van der Waals surface area (Å²) in [5.74, 6) is -0.512. The second kappa shape index (κ2) is 9.30. The molecule has 1 aromatic heterocycles. The molecule has 0 radical (unpaired) electrons. The van der Waals surface area contributed by atoms with E-state index in [-0.39, 0.29) is 12.1 Å². The number of amides is 4. The minimum Gasteiger partial charge on any atom is -0.488 e. The van der Waals surface area contributed by atoms with Crippen LogP contribution in [0.1, 0.15) is 22.5 Å². The van der Waals surface area contributed by atoms with E-state index >= 15 is 0 Å². The van der Waals surface area contributed by atoms with Gasteiger partial charge in [-0.3, -0.25) is 19.8 Å². The van der Waals surface area contributed by atoms with Gasteiger partial charge in [0.25, 0.3) is 11.8 Å². The zero-order valence-electron chi connectivity index (χ0n) is 19.0. The number of fused-ring (bicyclic) bond motifs is 1. The Morgan fingerprint density at radius 1 is 0.943 bits per heavy atom. The van der Waals surface area contributed by atoms with Crippen molar-refractivity contribution in [3.8, 4) is 5.75 Å². The van der Waals surface area contributed by atoms with Crippen molar-refractivity contribution in [2.75, 3.05) is 0 Å². The third kappa shape index (κ3) is 4.56. The molecule has 1 N–H and O–H groups in total. The molecule has 1 aliphatic heterocycles. The Labute approximate surface area is 201 Å². The fourth-order valence-corrected chi connectivity index (χ4v) is 3.94. The Bertz CT molecular complexity index is 1450. The van der Waals surface area contributed by atoms with E-state index in [1.54, 1.807) is 12.1 Å². The first kappa shape index (κ1) is 22.2. The van der Waals surface area contributed by atoms with E-state index in [2.05, 4.69) is 5.32 Å². The second-order valence-electron chi connectivity index (χ2n) is 8.26. The monoisotopic (exact) mass is 466 g/mol. The molecule has 1 saturated heterocycles. The van der Waals surface area contributed by atoms with Gasteiger partial charge in [0.2, 0.25) is 0 Å². The van der Waals surface area contributed by atoms with Gasteiger partial charge >= 0.3 is 6.03 Å². The Morgan fingerprint density at radius 3 is 2.51 bits per heavy atom. The van der Waals surface area contributed by atoms with Gasteiger partial charge in [0.15, 0.2) is 0 Å². The van der Waals surface area contributed by atoms with Crippen molar-refractivity contribution < 1.29 is 23.5 Å². The molecule has 3 aromatic carbocycles. The lowest BCUT2D eigenvalue weighted by molar-refractivity contribution is -0.130. The van der Waals surface area contributed by atoms with Crippen molar-refractivity contribution in [2.24, 2.45) is 0 Å². The highest BCUT2D eigenvalue weighted by Crippen LogP contribution is 2.32. The molecule has 174 valence electrons. The van der Waals surface area contributed by atoms with Gasteiger partial charge in [0, 0.05) is 5.56 Å². The molecule has 0 bridgehead atoms. The third-order valence-electron chi connectivity index (χ3n) is 5.81. The van der Waals surface area contributed by atoms with Crippen molar-refractivity contribution in [3.05, 3.63) is 107 Å². The fraction of sp³-hybridized carbons (Fsp3) is 0.107. The van der Waals surface area contributed by atoms with Crippen LogP contribution in [0, 0.1) is 6.92 Å². The highest BCUT2D eigenvalue weighted by molar-refractivity contribution is 6.31. The van der Waals surface area contributed by atoms with E-state index in [0.29, 0.717) is 23.7 Å². The number of carbonyl (C=O) groups excluding carboxylic acids is 3. The lowest BCUT2D eigenvalue weighted by Gasteiger charge is -2.25. The van der Waals surface area contributed by atoms with Crippen LogP contribution in [0.5, 0.6) is 5.75 Å². The molecule has 1 aliphatic rings. The van der Waals surface area contributed by atoms with Gasteiger partial charge < -0.3 is 9.15 Å². The van der Waals surface area contributed by atoms with E-state index in [0.717, 1.165) is 26.8 Å². The molecular formula is C28H22N2O5. The van der Waals surface area contributed by atoms with Crippen molar-refractivity contribution in [1.29, 1.82) is 0 Å². The van der Waals surface area contributed by atoms with Crippen LogP contribution in [0.25, 0.3) is 16.8 Å². The minimum atomic E-state index is -0.790. The molecule has 4 amide bonds. The molecule has 0 aliphatic carbocycles. The van der Waals surface area contributed by atoms with E-state index in [1.165, 1.54) is 12.3 Å². The number of hydrogen-bond acceptors (Lipinski definition) is 5. The largest absolute Gasteiger partial charge is 0.488 e. The lowest BCUT2D eigenvalue weighted by Crippen LogP contribution is -2.53. The lowest BCUT2D eigenvalue weighted by atomic mass is 9.99. The molecule has 7 nitrogen and oxygen atoms in total. The Hall–Kier alpha value is -4.65. The fourth-order valence-electron chi connectivity index (χ4n) is 3.94. The number of ether oxygens (including phenoxy) is 1. The minimum absolute atomic E-state index is 0.0887. The zero-order chi connectivity index (χ0) is 24.4. The maximum absolute atomic E-state index is 13.2. The average Bonchev–Trinajstić information content (AvgIpc) is 3.38. The summed E-state index contributed by atoms with van der Waals surface area (Å²) < 4.78 is 11.4. The topological polar surface area (TPSA) is 88.8 Å². The second-order valence-corrected chi connectivity index (χ2v) is 8.26. The molecule has 0 saturated carbocycles. The van der Waals surface area contributed by atoms with Crippen LogP contribution in [0.2, 0.25) is 0 Å². The summed E-state index contributed by atoms with van der Waals surface area (Å²) in [7, 11) is 0. The summed E-state index contributed by atoms with van der Waals surface area (Å²) >= 11 is 0. The summed E-state index contributed by atoms with van der Waals surface area (Å²) in [5, 5.41) is 3.99. The van der Waals surface area contributed by atoms with Crippen LogP contribution in [0.4, 0.5) is 4.79 Å². The van der Waals surface area contributed by atoms with Gasteiger partial charge in [0.05, 0.1) is 12.8 Å². The van der Waals surface area contributed by atoms with Crippen molar-refractivity contribution in [2.45, 2.75) is 20.1 Å². The number of furan rings is 1. The van der Waals surface area contributed by atoms with E-state index in [1.807, 2.05) is 67.6 Å². The number of urea groups is 1. The predicted molar refractivity (Wildman–Crippen MR) is 130 cm³/mol. The molecular weight excluding hydrogens is 444 g/mol. The number of barbiturate groups is 1. The van der Waals surface area contributed by atoms with Gasteiger partial charge in [-0.2, -0.15) is 0 Å². The number of nitrogens with one attached hydrogen (secondary N) is 1. The maximum Gasteiger partial charge on any atom is 0.331 e. The summed E-state index contributed by atoms with van der Waals surface area (Å²) in [5.41, 5.74) is 2.57. The van der Waals surface area contributed by atoms with Gasteiger partial charge in [0.1, 0.15) is 23.7 Å². The standard InChI is InChI=1S/C28H22N2O5/c1-18-8-10-19(11-9-18)17-35-25-13-12-20-5-2-3-7-22(20)23(25)15-24-26(31)29-28(33)30(27(24)32)16-21-6-4-14-34-21/h2-15H,16-17H2,1H3,(H,29,31,33)/b24-15+. The quantitative estimate of drug-likeness (QED) is 0.320. The SMILES string of the molecule is Cc1ccc(COc2ccc3ccccc3c2/C=C2\C(=O)NC(=O)N(Cc3ccco3)C2=O)cc1. The number of imide groups is 2. The van der Waals surface area contributed by atoms with Crippen LogP contribution in [-0.4, -0.2) is 22.7 Å². The Balaban J connectivity index is 1.53. The molecule has 2 heterocycles. The summed E-state index contributed by atoms with van der Waals surface area (Å²) in [4.78, 5) is 39.3. The first-order chi connectivity index (χ1) is 17.0. The van der Waals surface area contributed by atoms with Gasteiger partial charge in [-0.15, -0.1) is 0 Å². The van der Waals surface area contributed by atoms with Crippen LogP contribution >= 0.6 is 0 Å². The molecule has 5 rings (SSSR count).